The summed E-state index contributed by atoms with van der Waals surface area (Å²) >= 11 is 0. The van der Waals surface area contributed by atoms with E-state index >= 15 is 0 Å². The maximum absolute atomic E-state index is 10.3. The minimum Gasteiger partial charge on any atom is -0.480 e. The molecule has 66 valence electrons. The molecule has 4 N–H and O–H groups in total. The van der Waals surface area contributed by atoms with Crippen molar-refractivity contribution in [2.75, 3.05) is 0 Å². The molecule has 0 aliphatic rings. The van der Waals surface area contributed by atoms with E-state index in [2.05, 4.69) is 0 Å². The molecule has 0 aliphatic heterocycles. The third-order valence-corrected chi connectivity index (χ3v) is 1.74. The summed E-state index contributed by atoms with van der Waals surface area (Å²) in [5.41, 5.74) is 4.26. The molecule has 0 fully saturated rings. The Hall–Kier alpha value is -0.610. The fourth-order valence-electron chi connectivity index (χ4n) is 0.705. The van der Waals surface area contributed by atoms with Crippen LogP contribution in [0.5, 0.6) is 0 Å². The summed E-state index contributed by atoms with van der Waals surface area (Å²) in [5, 5.41) is 17.8. The van der Waals surface area contributed by atoms with Crippen molar-refractivity contribution < 1.29 is 15.0 Å². The lowest BCUT2D eigenvalue weighted by atomic mass is 9.95. The lowest BCUT2D eigenvalue weighted by Gasteiger charge is -2.22. The maximum atomic E-state index is 10.3. The molecule has 0 aromatic rings. The predicted molar refractivity (Wildman–Crippen MR) is 41.1 cm³/mol. The Bertz CT molecular complexity index is 145. The Morgan fingerprint density at radius 2 is 2.18 bits per heavy atom. The zero-order chi connectivity index (χ0) is 9.07. The Balaban J connectivity index is 3.93. The highest BCUT2D eigenvalue weighted by Crippen LogP contribution is 2.14. The van der Waals surface area contributed by atoms with Crippen LogP contribution in [0.1, 0.15) is 26.7 Å². The van der Waals surface area contributed by atoms with E-state index in [0.29, 0.717) is 6.42 Å². The molecule has 0 aromatic carbocycles. The molecule has 0 bridgehead atoms. The number of rotatable bonds is 4. The lowest BCUT2D eigenvalue weighted by Crippen LogP contribution is -2.39. The van der Waals surface area contributed by atoms with E-state index in [1.54, 1.807) is 13.8 Å². The minimum absolute atomic E-state index is 0.0961. The molecule has 0 spiro atoms. The molecule has 0 rings (SSSR count). The predicted octanol–water partition coefficient (Wildman–Crippen LogP) is -0.0506. The molecule has 0 aromatic heterocycles. The van der Waals surface area contributed by atoms with Crippen LogP contribution < -0.4 is 5.73 Å². The van der Waals surface area contributed by atoms with Crippen molar-refractivity contribution in [3.63, 3.8) is 0 Å². The molecule has 2 atom stereocenters. The summed E-state index contributed by atoms with van der Waals surface area (Å²) in [4.78, 5) is 10.3. The van der Waals surface area contributed by atoms with Gasteiger partial charge < -0.3 is 15.9 Å². The third kappa shape index (κ3) is 3.95. The van der Waals surface area contributed by atoms with E-state index in [-0.39, 0.29) is 6.42 Å². The first-order valence-electron chi connectivity index (χ1n) is 3.60. The minimum atomic E-state index is -1.07. The number of hydrogen-bond donors (Lipinski definition) is 3. The van der Waals surface area contributed by atoms with Gasteiger partial charge in [-0.2, -0.15) is 0 Å². The fraction of sp³-hybridized carbons (Fsp3) is 0.857. The van der Waals surface area contributed by atoms with Gasteiger partial charge in [0.1, 0.15) is 6.04 Å². The van der Waals surface area contributed by atoms with E-state index in [1.165, 1.54) is 0 Å². The molecular formula is C7H15NO3. The highest BCUT2D eigenvalue weighted by molar-refractivity contribution is 5.73. The van der Waals surface area contributed by atoms with Crippen LogP contribution >= 0.6 is 0 Å². The first-order chi connectivity index (χ1) is 4.89. The van der Waals surface area contributed by atoms with Gasteiger partial charge in [-0.3, -0.25) is 4.79 Å². The van der Waals surface area contributed by atoms with Crippen LogP contribution in [-0.4, -0.2) is 27.8 Å². The third-order valence-electron chi connectivity index (χ3n) is 1.74. The molecule has 0 amide bonds. The van der Waals surface area contributed by atoms with Crippen molar-refractivity contribution in [1.29, 1.82) is 0 Å². The molecule has 4 heteroatoms. The van der Waals surface area contributed by atoms with Crippen LogP contribution in [0.3, 0.4) is 0 Å². The summed E-state index contributed by atoms with van der Waals surface area (Å²) in [6, 6.07) is -0.968. The second-order valence-corrected chi connectivity index (χ2v) is 3.00. The number of carboxylic acid groups (broad SMARTS) is 1. The summed E-state index contributed by atoms with van der Waals surface area (Å²) in [7, 11) is 0. The van der Waals surface area contributed by atoms with E-state index in [0.717, 1.165) is 0 Å². The average molecular weight is 161 g/mol. The normalized spacial score (nSPS) is 18.9. The highest BCUT2D eigenvalue weighted by Gasteiger charge is 2.24. The zero-order valence-corrected chi connectivity index (χ0v) is 6.87. The lowest BCUT2D eigenvalue weighted by molar-refractivity contribution is -0.140. The second-order valence-electron chi connectivity index (χ2n) is 3.00. The summed E-state index contributed by atoms with van der Waals surface area (Å²) < 4.78 is 0. The van der Waals surface area contributed by atoms with Crippen molar-refractivity contribution >= 4 is 5.97 Å². The topological polar surface area (TPSA) is 83.5 Å². The fourth-order valence-corrected chi connectivity index (χ4v) is 0.705. The van der Waals surface area contributed by atoms with E-state index < -0.39 is 17.6 Å². The Labute approximate surface area is 66.0 Å². The summed E-state index contributed by atoms with van der Waals surface area (Å²) in [6.07, 6.45) is 0.604. The van der Waals surface area contributed by atoms with Crippen molar-refractivity contribution in [2.45, 2.75) is 38.3 Å². The quantitative estimate of drug-likeness (QED) is 0.539. The summed E-state index contributed by atoms with van der Waals surface area (Å²) in [5.74, 6) is -1.07. The van der Waals surface area contributed by atoms with Crippen LogP contribution in [0.4, 0.5) is 0 Å². The van der Waals surface area contributed by atoms with E-state index in [9.17, 15) is 9.90 Å². The van der Waals surface area contributed by atoms with Gasteiger partial charge in [-0.25, -0.2) is 0 Å². The molecule has 0 radical (unpaired) electrons. The van der Waals surface area contributed by atoms with E-state index in [4.69, 9.17) is 10.8 Å². The Morgan fingerprint density at radius 1 is 1.73 bits per heavy atom. The van der Waals surface area contributed by atoms with Gasteiger partial charge >= 0.3 is 5.97 Å². The Kier molecular flexibility index (Phi) is 3.48. The van der Waals surface area contributed by atoms with Crippen molar-refractivity contribution in [3.05, 3.63) is 0 Å². The molecule has 0 saturated heterocycles. The van der Waals surface area contributed by atoms with Crippen LogP contribution in [0, 0.1) is 0 Å². The van der Waals surface area contributed by atoms with E-state index in [1.807, 2.05) is 0 Å². The van der Waals surface area contributed by atoms with Gasteiger partial charge in [-0.1, -0.05) is 6.92 Å². The van der Waals surface area contributed by atoms with Gasteiger partial charge in [0.25, 0.3) is 0 Å². The molecular weight excluding hydrogens is 146 g/mol. The molecule has 4 nitrogen and oxygen atoms in total. The second kappa shape index (κ2) is 3.69. The molecule has 0 saturated carbocycles. The standard InChI is InChI=1S/C7H15NO3/c1-3-7(2,11)4-5(8)6(9)10/h5,11H,3-4,8H2,1-2H3,(H,9,10)/t5-,7?/m0/s1. The monoisotopic (exact) mass is 161 g/mol. The summed E-state index contributed by atoms with van der Waals surface area (Å²) in [6.45, 7) is 3.37. The first-order valence-corrected chi connectivity index (χ1v) is 3.60. The number of carbonyl (C=O) groups is 1. The van der Waals surface area contributed by atoms with Crippen LogP contribution in [0.25, 0.3) is 0 Å². The number of aliphatic carboxylic acids is 1. The van der Waals surface area contributed by atoms with Gasteiger partial charge in [0.15, 0.2) is 0 Å². The number of hydrogen-bond acceptors (Lipinski definition) is 3. The molecule has 1 unspecified atom stereocenters. The van der Waals surface area contributed by atoms with Crippen molar-refractivity contribution in [1.82, 2.24) is 0 Å². The number of carboxylic acids is 1. The van der Waals surface area contributed by atoms with Crippen LogP contribution in [0.15, 0.2) is 0 Å². The SMILES string of the molecule is CCC(C)(O)C[C@H](N)C(=O)O. The van der Waals surface area contributed by atoms with Crippen molar-refractivity contribution in [2.24, 2.45) is 5.73 Å². The maximum Gasteiger partial charge on any atom is 0.320 e. The van der Waals surface area contributed by atoms with Gasteiger partial charge in [-0.15, -0.1) is 0 Å². The van der Waals surface area contributed by atoms with Gasteiger partial charge in [-0.05, 0) is 13.3 Å². The van der Waals surface area contributed by atoms with Crippen LogP contribution in [-0.2, 0) is 4.79 Å². The highest BCUT2D eigenvalue weighted by atomic mass is 16.4. The number of aliphatic hydroxyl groups is 1. The van der Waals surface area contributed by atoms with Gasteiger partial charge in [0.05, 0.1) is 5.60 Å². The largest absolute Gasteiger partial charge is 0.480 e. The van der Waals surface area contributed by atoms with Gasteiger partial charge in [0.2, 0.25) is 0 Å². The number of nitrogens with two attached hydrogens (primary N) is 1. The molecule has 0 heterocycles. The smallest absolute Gasteiger partial charge is 0.320 e. The zero-order valence-electron chi connectivity index (χ0n) is 6.87. The van der Waals surface area contributed by atoms with Crippen molar-refractivity contribution in [3.8, 4) is 0 Å². The molecule has 11 heavy (non-hydrogen) atoms. The first kappa shape index (κ1) is 10.4. The average Bonchev–Trinajstić information content (AvgIpc) is 1.87. The molecule has 0 aliphatic carbocycles. The van der Waals surface area contributed by atoms with Crippen LogP contribution in [0.2, 0.25) is 0 Å². The Morgan fingerprint density at radius 3 is 2.45 bits per heavy atom. The van der Waals surface area contributed by atoms with Gasteiger partial charge in [0, 0.05) is 6.42 Å².